The Morgan fingerprint density at radius 2 is 2.15 bits per heavy atom. The van der Waals surface area contributed by atoms with Gasteiger partial charge in [0.25, 0.3) is 0 Å². The van der Waals surface area contributed by atoms with Crippen LogP contribution in [0.3, 0.4) is 0 Å². The van der Waals surface area contributed by atoms with Crippen molar-refractivity contribution in [3.63, 3.8) is 0 Å². The van der Waals surface area contributed by atoms with E-state index in [2.05, 4.69) is 5.32 Å². The largest absolute Gasteiger partial charge is 0.394 e. The highest BCUT2D eigenvalue weighted by molar-refractivity contribution is 5.88. The van der Waals surface area contributed by atoms with Crippen LogP contribution in [0.25, 0.3) is 0 Å². The number of nitrogens with one attached hydrogen (secondary N) is 1. The van der Waals surface area contributed by atoms with Crippen molar-refractivity contribution < 1.29 is 9.90 Å². The zero-order valence-electron chi connectivity index (χ0n) is 8.26. The Balaban J connectivity index is 2.47. The molecule has 0 aliphatic heterocycles. The van der Waals surface area contributed by atoms with Crippen LogP contribution >= 0.6 is 0 Å². The van der Waals surface area contributed by atoms with Crippen molar-refractivity contribution >= 4 is 5.91 Å². The van der Waals surface area contributed by atoms with Crippen LogP contribution in [-0.4, -0.2) is 23.2 Å². The van der Waals surface area contributed by atoms with Crippen LogP contribution < -0.4 is 5.32 Å². The van der Waals surface area contributed by atoms with Gasteiger partial charge in [-0.3, -0.25) is 4.79 Å². The van der Waals surface area contributed by atoms with Crippen molar-refractivity contribution in [3.8, 4) is 0 Å². The molecule has 1 aliphatic carbocycles. The Morgan fingerprint density at radius 3 is 2.46 bits per heavy atom. The van der Waals surface area contributed by atoms with Crippen LogP contribution in [0, 0.1) is 0 Å². The van der Waals surface area contributed by atoms with E-state index in [1.807, 2.05) is 13.8 Å². The normalized spacial score (nSPS) is 18.7. The molecule has 0 bridgehead atoms. The first-order valence-electron chi connectivity index (χ1n) is 4.66. The van der Waals surface area contributed by atoms with Gasteiger partial charge in [0.15, 0.2) is 0 Å². The van der Waals surface area contributed by atoms with Gasteiger partial charge in [0.05, 0.1) is 12.1 Å². The predicted octanol–water partition coefficient (Wildman–Crippen LogP) is 0.984. The summed E-state index contributed by atoms with van der Waals surface area (Å²) in [5, 5.41) is 11.9. The maximum Gasteiger partial charge on any atom is 0.244 e. The standard InChI is InChI=1S/C10H17NO2/c1-8(2)6-9(13)11-10(7-12)4-3-5-10/h6,12H,3-5,7H2,1-2H3,(H,11,13). The van der Waals surface area contributed by atoms with E-state index in [0.717, 1.165) is 24.8 Å². The van der Waals surface area contributed by atoms with Gasteiger partial charge in [-0.05, 0) is 33.1 Å². The number of rotatable bonds is 3. The molecule has 13 heavy (non-hydrogen) atoms. The fourth-order valence-corrected chi connectivity index (χ4v) is 1.49. The third kappa shape index (κ3) is 2.56. The summed E-state index contributed by atoms with van der Waals surface area (Å²) in [4.78, 5) is 11.3. The molecule has 74 valence electrons. The second-order valence-corrected chi connectivity index (χ2v) is 4.00. The van der Waals surface area contributed by atoms with Crippen molar-refractivity contribution in [2.45, 2.75) is 38.6 Å². The highest BCUT2D eigenvalue weighted by Crippen LogP contribution is 2.31. The Bertz CT molecular complexity index is 220. The van der Waals surface area contributed by atoms with Gasteiger partial charge in [0, 0.05) is 6.08 Å². The number of carbonyl (C=O) groups excluding carboxylic acids is 1. The number of hydrogen-bond donors (Lipinski definition) is 2. The second-order valence-electron chi connectivity index (χ2n) is 4.00. The average Bonchev–Trinajstić information content (AvgIpc) is 1.95. The molecule has 0 aromatic heterocycles. The zero-order chi connectivity index (χ0) is 9.90. The molecule has 0 atom stereocenters. The first-order valence-corrected chi connectivity index (χ1v) is 4.66. The maximum absolute atomic E-state index is 11.3. The molecule has 3 heteroatoms. The topological polar surface area (TPSA) is 49.3 Å². The van der Waals surface area contributed by atoms with Gasteiger partial charge in [-0.25, -0.2) is 0 Å². The summed E-state index contributed by atoms with van der Waals surface area (Å²) in [6.07, 6.45) is 4.45. The maximum atomic E-state index is 11.3. The van der Waals surface area contributed by atoms with E-state index in [9.17, 15) is 4.79 Å². The first kappa shape index (κ1) is 10.3. The molecule has 0 spiro atoms. The van der Waals surface area contributed by atoms with E-state index in [4.69, 9.17) is 5.11 Å². The number of amides is 1. The fourth-order valence-electron chi connectivity index (χ4n) is 1.49. The highest BCUT2D eigenvalue weighted by atomic mass is 16.3. The predicted molar refractivity (Wildman–Crippen MR) is 51.2 cm³/mol. The quantitative estimate of drug-likeness (QED) is 0.641. The summed E-state index contributed by atoms with van der Waals surface area (Å²) in [7, 11) is 0. The van der Waals surface area contributed by atoms with Crippen molar-refractivity contribution in [2.75, 3.05) is 6.61 Å². The molecular weight excluding hydrogens is 166 g/mol. The molecule has 0 aromatic carbocycles. The minimum atomic E-state index is -0.316. The Kier molecular flexibility index (Phi) is 3.09. The fraction of sp³-hybridized carbons (Fsp3) is 0.700. The van der Waals surface area contributed by atoms with Gasteiger partial charge in [-0.2, -0.15) is 0 Å². The van der Waals surface area contributed by atoms with E-state index in [1.165, 1.54) is 0 Å². The number of hydrogen-bond acceptors (Lipinski definition) is 2. The molecule has 1 rings (SSSR count). The summed E-state index contributed by atoms with van der Waals surface area (Å²) in [5.74, 6) is -0.0891. The Morgan fingerprint density at radius 1 is 1.54 bits per heavy atom. The minimum Gasteiger partial charge on any atom is -0.394 e. The van der Waals surface area contributed by atoms with Crippen LogP contribution in [-0.2, 0) is 4.79 Å². The van der Waals surface area contributed by atoms with Crippen LogP contribution in [0.5, 0.6) is 0 Å². The van der Waals surface area contributed by atoms with Gasteiger partial charge in [-0.15, -0.1) is 0 Å². The summed E-state index contributed by atoms with van der Waals surface area (Å²) >= 11 is 0. The van der Waals surface area contributed by atoms with E-state index in [0.29, 0.717) is 0 Å². The number of allylic oxidation sites excluding steroid dienone is 1. The van der Waals surface area contributed by atoms with Crippen molar-refractivity contribution in [1.82, 2.24) is 5.32 Å². The third-order valence-electron chi connectivity index (χ3n) is 2.42. The Hall–Kier alpha value is -0.830. The summed E-state index contributed by atoms with van der Waals surface area (Å²) in [6, 6.07) is 0. The van der Waals surface area contributed by atoms with Gasteiger partial charge in [-0.1, -0.05) is 5.57 Å². The van der Waals surface area contributed by atoms with E-state index < -0.39 is 0 Å². The molecule has 3 nitrogen and oxygen atoms in total. The lowest BCUT2D eigenvalue weighted by Gasteiger charge is -2.40. The van der Waals surface area contributed by atoms with Crippen molar-refractivity contribution in [2.24, 2.45) is 0 Å². The first-order chi connectivity index (χ1) is 6.08. The molecule has 1 amide bonds. The van der Waals surface area contributed by atoms with Crippen molar-refractivity contribution in [1.29, 1.82) is 0 Å². The smallest absolute Gasteiger partial charge is 0.244 e. The number of carbonyl (C=O) groups is 1. The molecule has 1 saturated carbocycles. The SMILES string of the molecule is CC(C)=CC(=O)NC1(CO)CCC1. The monoisotopic (exact) mass is 183 g/mol. The molecule has 0 radical (unpaired) electrons. The van der Waals surface area contributed by atoms with Crippen LogP contribution in [0.15, 0.2) is 11.6 Å². The van der Waals surface area contributed by atoms with Gasteiger partial charge >= 0.3 is 0 Å². The van der Waals surface area contributed by atoms with E-state index >= 15 is 0 Å². The lowest BCUT2D eigenvalue weighted by atomic mass is 9.77. The van der Waals surface area contributed by atoms with E-state index in [1.54, 1.807) is 6.08 Å². The summed E-state index contributed by atoms with van der Waals surface area (Å²) < 4.78 is 0. The number of aliphatic hydroxyl groups excluding tert-OH is 1. The molecule has 1 fully saturated rings. The molecule has 1 aliphatic rings. The second kappa shape index (κ2) is 3.92. The lowest BCUT2D eigenvalue weighted by Crippen LogP contribution is -2.55. The minimum absolute atomic E-state index is 0.0509. The molecule has 2 N–H and O–H groups in total. The molecule has 0 heterocycles. The molecular formula is C10H17NO2. The number of aliphatic hydroxyl groups is 1. The van der Waals surface area contributed by atoms with Gasteiger partial charge in [0.1, 0.15) is 0 Å². The van der Waals surface area contributed by atoms with Crippen molar-refractivity contribution in [3.05, 3.63) is 11.6 Å². The Labute approximate surface area is 78.8 Å². The van der Waals surface area contributed by atoms with Gasteiger partial charge < -0.3 is 10.4 Å². The van der Waals surface area contributed by atoms with E-state index in [-0.39, 0.29) is 18.1 Å². The van der Waals surface area contributed by atoms with Gasteiger partial charge in [0.2, 0.25) is 5.91 Å². The molecule has 0 aromatic rings. The lowest BCUT2D eigenvalue weighted by molar-refractivity contribution is -0.120. The zero-order valence-corrected chi connectivity index (χ0v) is 8.26. The average molecular weight is 183 g/mol. The third-order valence-corrected chi connectivity index (χ3v) is 2.42. The summed E-state index contributed by atoms with van der Waals surface area (Å²) in [6.45, 7) is 3.81. The van der Waals surface area contributed by atoms with Crippen LogP contribution in [0.1, 0.15) is 33.1 Å². The van der Waals surface area contributed by atoms with Crippen LogP contribution in [0.4, 0.5) is 0 Å². The molecule has 0 unspecified atom stereocenters. The van der Waals surface area contributed by atoms with Crippen LogP contribution in [0.2, 0.25) is 0 Å². The summed E-state index contributed by atoms with van der Waals surface area (Å²) in [5.41, 5.74) is 0.660. The molecule has 0 saturated heterocycles. The highest BCUT2D eigenvalue weighted by Gasteiger charge is 2.37.